The highest BCUT2D eigenvalue weighted by atomic mass is 35.5. The summed E-state index contributed by atoms with van der Waals surface area (Å²) in [6.07, 6.45) is 1.81. The fraction of sp³-hybridized carbons (Fsp3) is 0.286. The van der Waals surface area contributed by atoms with Gasteiger partial charge in [-0.05, 0) is 49.7 Å². The Morgan fingerprint density at radius 1 is 1.21 bits per heavy atom. The molecule has 0 fully saturated rings. The van der Waals surface area contributed by atoms with Crippen molar-refractivity contribution in [3.8, 4) is 17.2 Å². The molecule has 0 aliphatic rings. The molecule has 0 unspecified atom stereocenters. The molecule has 1 aromatic heterocycles. The standard InChI is InChI=1S/C21H23ClFN3O2/c1-13(24-11-15-8-19(22)21(28-4)20(9-15)27-3)18-12-25-26(14(18)2)17-7-5-6-16(23)10-17/h5-10,12-13,24H,11H2,1-4H3/t13-/m1/s1. The Morgan fingerprint density at radius 2 is 2.00 bits per heavy atom. The van der Waals surface area contributed by atoms with E-state index in [0.29, 0.717) is 28.8 Å². The summed E-state index contributed by atoms with van der Waals surface area (Å²) < 4.78 is 25.9. The number of nitrogens with zero attached hydrogens (tertiary/aromatic N) is 2. The molecule has 148 valence electrons. The second kappa shape index (κ2) is 8.63. The van der Waals surface area contributed by atoms with Crippen LogP contribution in [0.4, 0.5) is 4.39 Å². The predicted octanol–water partition coefficient (Wildman–Crippen LogP) is 4.84. The fourth-order valence-corrected chi connectivity index (χ4v) is 3.48. The van der Waals surface area contributed by atoms with Gasteiger partial charge in [0.05, 0.1) is 31.1 Å². The fourth-order valence-electron chi connectivity index (χ4n) is 3.17. The van der Waals surface area contributed by atoms with Gasteiger partial charge in [0.2, 0.25) is 0 Å². The van der Waals surface area contributed by atoms with E-state index in [1.165, 1.54) is 12.1 Å². The summed E-state index contributed by atoms with van der Waals surface area (Å²) >= 11 is 6.28. The molecule has 0 saturated carbocycles. The smallest absolute Gasteiger partial charge is 0.179 e. The van der Waals surface area contributed by atoms with Crippen LogP contribution in [0.2, 0.25) is 5.02 Å². The van der Waals surface area contributed by atoms with Crippen molar-refractivity contribution in [3.05, 3.63) is 70.3 Å². The largest absolute Gasteiger partial charge is 0.493 e. The number of hydrogen-bond acceptors (Lipinski definition) is 4. The van der Waals surface area contributed by atoms with Gasteiger partial charge in [-0.2, -0.15) is 5.10 Å². The van der Waals surface area contributed by atoms with Crippen LogP contribution < -0.4 is 14.8 Å². The molecule has 1 heterocycles. The van der Waals surface area contributed by atoms with E-state index in [9.17, 15) is 4.39 Å². The molecule has 0 radical (unpaired) electrons. The Bertz CT molecular complexity index is 974. The van der Waals surface area contributed by atoms with Crippen molar-refractivity contribution in [1.29, 1.82) is 0 Å². The lowest BCUT2D eigenvalue weighted by atomic mass is 10.1. The molecule has 0 saturated heterocycles. The maximum absolute atomic E-state index is 13.5. The van der Waals surface area contributed by atoms with Gasteiger partial charge in [-0.3, -0.25) is 0 Å². The monoisotopic (exact) mass is 403 g/mol. The number of halogens is 2. The van der Waals surface area contributed by atoms with Crippen molar-refractivity contribution in [1.82, 2.24) is 15.1 Å². The normalized spacial score (nSPS) is 12.1. The van der Waals surface area contributed by atoms with E-state index in [-0.39, 0.29) is 11.9 Å². The highest BCUT2D eigenvalue weighted by Gasteiger charge is 2.16. The number of ether oxygens (including phenoxy) is 2. The van der Waals surface area contributed by atoms with Crippen LogP contribution in [0.25, 0.3) is 5.69 Å². The summed E-state index contributed by atoms with van der Waals surface area (Å²) in [4.78, 5) is 0. The topological polar surface area (TPSA) is 48.3 Å². The number of hydrogen-bond donors (Lipinski definition) is 1. The molecule has 28 heavy (non-hydrogen) atoms. The van der Waals surface area contributed by atoms with Crippen LogP contribution in [0.5, 0.6) is 11.5 Å². The number of aromatic nitrogens is 2. The van der Waals surface area contributed by atoms with Crippen LogP contribution in [0.3, 0.4) is 0 Å². The Labute approximate surface area is 169 Å². The van der Waals surface area contributed by atoms with Gasteiger partial charge in [0, 0.05) is 23.8 Å². The first kappa shape index (κ1) is 20.2. The zero-order valence-electron chi connectivity index (χ0n) is 16.3. The van der Waals surface area contributed by atoms with Gasteiger partial charge in [0.15, 0.2) is 11.5 Å². The number of benzene rings is 2. The summed E-state index contributed by atoms with van der Waals surface area (Å²) in [7, 11) is 3.14. The average Bonchev–Trinajstić information content (AvgIpc) is 3.07. The molecular weight excluding hydrogens is 381 g/mol. The van der Waals surface area contributed by atoms with Crippen LogP contribution in [0, 0.1) is 12.7 Å². The molecule has 0 aliphatic heterocycles. The first-order valence-electron chi connectivity index (χ1n) is 8.88. The molecule has 3 aromatic rings. The minimum absolute atomic E-state index is 0.0363. The van der Waals surface area contributed by atoms with Gasteiger partial charge < -0.3 is 14.8 Å². The van der Waals surface area contributed by atoms with Crippen molar-refractivity contribution < 1.29 is 13.9 Å². The van der Waals surface area contributed by atoms with Gasteiger partial charge in [-0.15, -0.1) is 0 Å². The van der Waals surface area contributed by atoms with Crippen molar-refractivity contribution in [3.63, 3.8) is 0 Å². The lowest BCUT2D eigenvalue weighted by Gasteiger charge is -2.16. The van der Waals surface area contributed by atoms with Crippen molar-refractivity contribution in [2.45, 2.75) is 26.4 Å². The number of methoxy groups -OCH3 is 2. The van der Waals surface area contributed by atoms with Gasteiger partial charge in [0.25, 0.3) is 0 Å². The maximum atomic E-state index is 13.5. The van der Waals surface area contributed by atoms with E-state index < -0.39 is 0 Å². The first-order valence-corrected chi connectivity index (χ1v) is 9.26. The van der Waals surface area contributed by atoms with Crippen molar-refractivity contribution >= 4 is 11.6 Å². The molecule has 3 rings (SSSR count). The van der Waals surface area contributed by atoms with E-state index >= 15 is 0 Å². The predicted molar refractivity (Wildman–Crippen MR) is 108 cm³/mol. The zero-order chi connectivity index (χ0) is 20.3. The number of rotatable bonds is 7. The summed E-state index contributed by atoms with van der Waals surface area (Å²) in [5, 5.41) is 8.39. The summed E-state index contributed by atoms with van der Waals surface area (Å²) in [5.74, 6) is 0.827. The molecule has 1 N–H and O–H groups in total. The van der Waals surface area contributed by atoms with E-state index in [0.717, 1.165) is 16.8 Å². The number of nitrogens with one attached hydrogen (secondary N) is 1. The van der Waals surface area contributed by atoms with Crippen LogP contribution in [0.15, 0.2) is 42.6 Å². The third kappa shape index (κ3) is 4.13. The molecule has 5 nitrogen and oxygen atoms in total. The second-order valence-corrected chi connectivity index (χ2v) is 6.90. The highest BCUT2D eigenvalue weighted by molar-refractivity contribution is 6.32. The average molecular weight is 404 g/mol. The highest BCUT2D eigenvalue weighted by Crippen LogP contribution is 2.36. The van der Waals surface area contributed by atoms with Gasteiger partial charge in [-0.1, -0.05) is 17.7 Å². The summed E-state index contributed by atoms with van der Waals surface area (Å²) in [6, 6.07) is 10.2. The third-order valence-electron chi connectivity index (χ3n) is 4.67. The minimum atomic E-state index is -0.287. The van der Waals surface area contributed by atoms with Crippen LogP contribution in [-0.2, 0) is 6.54 Å². The Morgan fingerprint density at radius 3 is 2.68 bits per heavy atom. The van der Waals surface area contributed by atoms with Crippen molar-refractivity contribution in [2.24, 2.45) is 0 Å². The maximum Gasteiger partial charge on any atom is 0.179 e. The first-order chi connectivity index (χ1) is 13.4. The molecular formula is C21H23ClFN3O2. The molecule has 0 bridgehead atoms. The molecule has 0 aliphatic carbocycles. The Kier molecular flexibility index (Phi) is 6.21. The van der Waals surface area contributed by atoms with Gasteiger partial charge in [0.1, 0.15) is 5.82 Å². The van der Waals surface area contributed by atoms with Gasteiger partial charge >= 0.3 is 0 Å². The molecule has 2 aromatic carbocycles. The zero-order valence-corrected chi connectivity index (χ0v) is 17.0. The molecule has 7 heteroatoms. The SMILES string of the molecule is COc1cc(CN[C@H](C)c2cnn(-c3cccc(F)c3)c2C)cc(Cl)c1OC. The van der Waals surface area contributed by atoms with Gasteiger partial charge in [-0.25, -0.2) is 9.07 Å². The molecule has 1 atom stereocenters. The minimum Gasteiger partial charge on any atom is -0.493 e. The quantitative estimate of drug-likeness (QED) is 0.613. The van der Waals surface area contributed by atoms with E-state index in [2.05, 4.69) is 17.3 Å². The molecule has 0 spiro atoms. The van der Waals surface area contributed by atoms with E-state index in [1.807, 2.05) is 25.1 Å². The summed E-state index contributed by atoms with van der Waals surface area (Å²) in [5.41, 5.74) is 3.67. The molecule has 0 amide bonds. The third-order valence-corrected chi connectivity index (χ3v) is 4.95. The lowest BCUT2D eigenvalue weighted by Crippen LogP contribution is -2.18. The van der Waals surface area contributed by atoms with Crippen LogP contribution in [-0.4, -0.2) is 24.0 Å². The van der Waals surface area contributed by atoms with E-state index in [4.69, 9.17) is 21.1 Å². The lowest BCUT2D eigenvalue weighted by molar-refractivity contribution is 0.354. The second-order valence-electron chi connectivity index (χ2n) is 6.49. The van der Waals surface area contributed by atoms with Crippen molar-refractivity contribution in [2.75, 3.05) is 14.2 Å². The summed E-state index contributed by atoms with van der Waals surface area (Å²) in [6.45, 7) is 4.62. The Balaban J connectivity index is 1.76. The van der Waals surface area contributed by atoms with Crippen LogP contribution in [0.1, 0.15) is 29.8 Å². The van der Waals surface area contributed by atoms with Crippen LogP contribution >= 0.6 is 11.6 Å². The van der Waals surface area contributed by atoms with E-state index in [1.54, 1.807) is 31.2 Å². The Hall–Kier alpha value is -2.57.